The summed E-state index contributed by atoms with van der Waals surface area (Å²) in [5.74, 6) is -1.90. The van der Waals surface area contributed by atoms with Gasteiger partial charge in [-0.15, -0.1) is 0 Å². The van der Waals surface area contributed by atoms with Gasteiger partial charge in [0, 0.05) is 5.92 Å². The van der Waals surface area contributed by atoms with Gasteiger partial charge in [0.15, 0.2) is 0 Å². The van der Waals surface area contributed by atoms with Crippen molar-refractivity contribution >= 4 is 24.0 Å². The number of ether oxygens (including phenoxy) is 2. The molecule has 3 amide bonds. The molecular weight excluding hydrogens is 422 g/mol. The van der Waals surface area contributed by atoms with E-state index >= 15 is 0 Å². The lowest BCUT2D eigenvalue weighted by molar-refractivity contribution is -0.137. The van der Waals surface area contributed by atoms with E-state index in [9.17, 15) is 19.5 Å². The molecule has 2 aliphatic heterocycles. The summed E-state index contributed by atoms with van der Waals surface area (Å²) in [4.78, 5) is 38.7. The molecule has 0 unspecified atom stereocenters. The first-order chi connectivity index (χ1) is 15.8. The third kappa shape index (κ3) is 4.34. The highest BCUT2D eigenvalue weighted by Crippen LogP contribution is 2.50. The highest BCUT2D eigenvalue weighted by molar-refractivity contribution is 6.16. The van der Waals surface area contributed by atoms with E-state index in [0.29, 0.717) is 17.9 Å². The van der Waals surface area contributed by atoms with E-state index < -0.39 is 29.7 Å². The fraction of sp³-hybridized carbons (Fsp3) is 0.500. The fourth-order valence-corrected chi connectivity index (χ4v) is 5.61. The maximum atomic E-state index is 13.1. The van der Waals surface area contributed by atoms with Gasteiger partial charge in [-0.1, -0.05) is 42.7 Å². The van der Waals surface area contributed by atoms with Gasteiger partial charge in [-0.25, -0.2) is 4.79 Å². The Morgan fingerprint density at radius 3 is 2.76 bits per heavy atom. The van der Waals surface area contributed by atoms with Gasteiger partial charge in [0.2, 0.25) is 11.8 Å². The van der Waals surface area contributed by atoms with E-state index in [1.54, 1.807) is 12.1 Å². The molecule has 1 N–H and O–H groups in total. The van der Waals surface area contributed by atoms with Gasteiger partial charge in [-0.2, -0.15) is 4.90 Å². The van der Waals surface area contributed by atoms with Crippen molar-refractivity contribution in [1.82, 2.24) is 4.90 Å². The second-order valence-corrected chi connectivity index (χ2v) is 9.18. The average Bonchev–Trinajstić information content (AvgIpc) is 3.31. The molecule has 1 aromatic carbocycles. The van der Waals surface area contributed by atoms with Crippen LogP contribution in [0.15, 0.2) is 41.0 Å². The minimum Gasteiger partial charge on any atom is -0.508 e. The van der Waals surface area contributed by atoms with Crippen LogP contribution in [0.1, 0.15) is 51.5 Å². The molecule has 7 nitrogen and oxygen atoms in total. The molecule has 176 valence electrons. The first-order valence-electron chi connectivity index (χ1n) is 11.6. The van der Waals surface area contributed by atoms with Crippen LogP contribution in [0.2, 0.25) is 0 Å². The van der Waals surface area contributed by atoms with Crippen LogP contribution in [-0.4, -0.2) is 47.7 Å². The van der Waals surface area contributed by atoms with Crippen molar-refractivity contribution < 1.29 is 29.0 Å². The molecular formula is C26H31NO6. The Hall–Kier alpha value is -2.93. The number of amides is 3. The number of allylic oxidation sites excluding steroid dienone is 2. The molecule has 0 bridgehead atoms. The predicted octanol–water partition coefficient (Wildman–Crippen LogP) is 4.46. The van der Waals surface area contributed by atoms with Gasteiger partial charge in [0.25, 0.3) is 0 Å². The zero-order valence-corrected chi connectivity index (χ0v) is 19.4. The van der Waals surface area contributed by atoms with Crippen LogP contribution in [0.4, 0.5) is 4.79 Å². The van der Waals surface area contributed by atoms with Gasteiger partial charge in [0.05, 0.1) is 31.7 Å². The Balaban J connectivity index is 1.54. The van der Waals surface area contributed by atoms with Crippen LogP contribution >= 0.6 is 0 Å². The van der Waals surface area contributed by atoms with Crippen LogP contribution in [0, 0.1) is 17.8 Å². The maximum absolute atomic E-state index is 13.1. The van der Waals surface area contributed by atoms with Gasteiger partial charge < -0.3 is 14.6 Å². The van der Waals surface area contributed by atoms with E-state index in [4.69, 9.17) is 4.74 Å². The molecule has 4 rings (SSSR count). The number of hydrogen-bond donors (Lipinski definition) is 1. The molecule has 2 heterocycles. The van der Waals surface area contributed by atoms with Gasteiger partial charge in [-0.05, 0) is 55.9 Å². The molecule has 2 saturated heterocycles. The Morgan fingerprint density at radius 1 is 1.27 bits per heavy atom. The Bertz CT molecular complexity index is 1030. The molecule has 7 heteroatoms. The lowest BCUT2D eigenvalue weighted by atomic mass is 9.68. The number of benzene rings is 1. The molecule has 1 aliphatic carbocycles. The van der Waals surface area contributed by atoms with Gasteiger partial charge in [0.1, 0.15) is 5.75 Å². The van der Waals surface area contributed by atoms with Crippen LogP contribution in [0.25, 0.3) is 6.08 Å². The zero-order valence-electron chi connectivity index (χ0n) is 19.4. The van der Waals surface area contributed by atoms with E-state index in [1.807, 2.05) is 12.1 Å². The molecule has 3 aliphatic rings. The minimum absolute atomic E-state index is 0.0971. The summed E-state index contributed by atoms with van der Waals surface area (Å²) in [6, 6.07) is 7.14. The number of rotatable bonds is 6. The molecule has 0 saturated carbocycles. The number of carbonyl (C=O) groups is 3. The summed E-state index contributed by atoms with van der Waals surface area (Å²) in [7, 11) is 1.18. The monoisotopic (exact) mass is 453 g/mol. The number of methoxy groups -OCH3 is 1. The number of likely N-dealkylation sites (tertiary alicyclic amines) is 1. The highest BCUT2D eigenvalue weighted by atomic mass is 16.5. The highest BCUT2D eigenvalue weighted by Gasteiger charge is 2.58. The molecule has 1 aromatic rings. The fourth-order valence-electron chi connectivity index (χ4n) is 5.61. The zero-order chi connectivity index (χ0) is 23.7. The topological polar surface area (TPSA) is 93.1 Å². The van der Waals surface area contributed by atoms with Crippen molar-refractivity contribution in [2.75, 3.05) is 13.7 Å². The maximum Gasteiger partial charge on any atom is 0.423 e. The third-order valence-electron chi connectivity index (χ3n) is 7.00. The van der Waals surface area contributed by atoms with Crippen molar-refractivity contribution in [2.24, 2.45) is 17.8 Å². The summed E-state index contributed by atoms with van der Waals surface area (Å²) in [5, 5.41) is 9.68. The SMILES string of the molecule is CCCC1=C2[C@@H](CC/C(C)=C/c3cccc(O)c3)OC[C@@H]2[C@@H]2C(=O)N(C(=O)OC)C(=O)[C@@H]2C1. The number of hydrogen-bond acceptors (Lipinski definition) is 6. The van der Waals surface area contributed by atoms with Gasteiger partial charge in [-0.3, -0.25) is 9.59 Å². The molecule has 2 fully saturated rings. The summed E-state index contributed by atoms with van der Waals surface area (Å²) in [6.07, 6.45) is 4.94. The summed E-state index contributed by atoms with van der Waals surface area (Å²) in [5.41, 5.74) is 4.48. The Labute approximate surface area is 194 Å². The van der Waals surface area contributed by atoms with Crippen LogP contribution in [0.3, 0.4) is 0 Å². The Morgan fingerprint density at radius 2 is 2.06 bits per heavy atom. The standard InChI is InChI=1S/C26H31NO6/c1-4-6-17-13-19-23(25(30)27(24(19)29)26(31)32-3)20-14-33-21(22(17)20)10-9-15(2)11-16-7-5-8-18(28)12-16/h5,7-8,11-12,19-21,23,28H,4,6,9-10,13-14H2,1-3H3/b15-11+/t19-,20+,21-,23-/m1/s1. The smallest absolute Gasteiger partial charge is 0.423 e. The van der Waals surface area contributed by atoms with Crippen LogP contribution in [-0.2, 0) is 19.1 Å². The lowest BCUT2D eigenvalue weighted by Crippen LogP contribution is -2.38. The minimum atomic E-state index is -0.902. The van der Waals surface area contributed by atoms with Crippen molar-refractivity contribution in [3.05, 3.63) is 46.5 Å². The normalized spacial score (nSPS) is 27.1. The first-order valence-corrected chi connectivity index (χ1v) is 11.6. The lowest BCUT2D eigenvalue weighted by Gasteiger charge is -2.31. The average molecular weight is 454 g/mol. The van der Waals surface area contributed by atoms with Crippen LogP contribution < -0.4 is 0 Å². The first kappa shape index (κ1) is 23.2. The molecule has 0 aromatic heterocycles. The number of imide groups is 3. The largest absolute Gasteiger partial charge is 0.508 e. The number of phenolic OH excluding ortho intramolecular Hbond substituents is 1. The number of carbonyl (C=O) groups excluding carboxylic acids is 3. The quantitative estimate of drug-likeness (QED) is 0.505. The molecule has 33 heavy (non-hydrogen) atoms. The molecule has 0 spiro atoms. The number of aromatic hydroxyl groups is 1. The van der Waals surface area contributed by atoms with E-state index in [1.165, 1.54) is 18.3 Å². The second-order valence-electron chi connectivity index (χ2n) is 9.18. The number of fused-ring (bicyclic) bond motifs is 3. The summed E-state index contributed by atoms with van der Waals surface area (Å²) >= 11 is 0. The second kappa shape index (κ2) is 9.51. The van der Waals surface area contributed by atoms with E-state index in [0.717, 1.165) is 36.8 Å². The number of nitrogens with zero attached hydrogens (tertiary/aromatic N) is 1. The Kier molecular flexibility index (Phi) is 6.70. The van der Waals surface area contributed by atoms with E-state index in [2.05, 4.69) is 24.7 Å². The van der Waals surface area contributed by atoms with E-state index in [-0.39, 0.29) is 17.8 Å². The number of phenols is 1. The summed E-state index contributed by atoms with van der Waals surface area (Å²) in [6.45, 7) is 4.55. The van der Waals surface area contributed by atoms with Crippen molar-refractivity contribution in [2.45, 2.75) is 52.1 Å². The van der Waals surface area contributed by atoms with Crippen molar-refractivity contribution in [3.63, 3.8) is 0 Å². The van der Waals surface area contributed by atoms with Crippen molar-refractivity contribution in [1.29, 1.82) is 0 Å². The molecule has 4 atom stereocenters. The van der Waals surface area contributed by atoms with Crippen molar-refractivity contribution in [3.8, 4) is 5.75 Å². The van der Waals surface area contributed by atoms with Gasteiger partial charge >= 0.3 is 6.09 Å². The third-order valence-corrected chi connectivity index (χ3v) is 7.00. The van der Waals surface area contributed by atoms with Crippen LogP contribution in [0.5, 0.6) is 5.75 Å². The summed E-state index contributed by atoms with van der Waals surface area (Å²) < 4.78 is 10.9. The molecule has 0 radical (unpaired) electrons. The predicted molar refractivity (Wildman–Crippen MR) is 122 cm³/mol.